The second kappa shape index (κ2) is 21.1. The highest BCUT2D eigenvalue weighted by atomic mass is 16.5. The monoisotopic (exact) mass is 1100 g/mol. The Kier molecular flexibility index (Phi) is 12.3. The van der Waals surface area contributed by atoms with Crippen LogP contribution >= 0.6 is 0 Å². The summed E-state index contributed by atoms with van der Waals surface area (Å²) in [5, 5.41) is 1.95. The Morgan fingerprint density at radius 1 is 0.372 bits per heavy atom. The number of anilines is 6. The first-order valence-electron chi connectivity index (χ1n) is 29.0. The number of rotatable bonds is 11. The number of ether oxygens (including phenoxy) is 1. The predicted molar refractivity (Wildman–Crippen MR) is 351 cm³/mol. The molecule has 0 saturated carbocycles. The molecule has 0 spiro atoms. The van der Waals surface area contributed by atoms with Gasteiger partial charge in [-0.3, -0.25) is 0 Å². The van der Waals surface area contributed by atoms with Gasteiger partial charge in [-0.2, -0.15) is 0 Å². The Hall–Kier alpha value is -11.4. The number of benzene rings is 12. The summed E-state index contributed by atoms with van der Waals surface area (Å²) in [7, 11) is 0. The number of fused-ring (bicyclic) bond motifs is 7. The van der Waals surface area contributed by atoms with E-state index in [1.165, 1.54) is 22.1 Å². The molecule has 8 nitrogen and oxygen atoms in total. The van der Waals surface area contributed by atoms with E-state index in [2.05, 4.69) is 202 Å². The molecule has 86 heavy (non-hydrogen) atoms. The van der Waals surface area contributed by atoms with Crippen LogP contribution in [0.5, 0.6) is 0 Å². The lowest BCUT2D eigenvalue weighted by molar-refractivity contribution is 0.0473. The molecule has 0 N–H and O–H groups in total. The summed E-state index contributed by atoms with van der Waals surface area (Å²) < 4.78 is 8.19. The molecule has 0 amide bonds. The fourth-order valence-electron chi connectivity index (χ4n) is 12.9. The zero-order chi connectivity index (χ0) is 57.1. The van der Waals surface area contributed by atoms with E-state index in [-0.39, 0.29) is 19.3 Å². The Labute approximate surface area is 498 Å². The van der Waals surface area contributed by atoms with Gasteiger partial charge in [-0.15, -0.1) is 0 Å². The molecular weight excluding hydrogens is 1050 g/mol. The topological polar surface area (TPSA) is 76.4 Å². The molecule has 16 rings (SSSR count). The normalized spacial score (nSPS) is 12.2. The van der Waals surface area contributed by atoms with Crippen molar-refractivity contribution in [1.82, 2.24) is 19.5 Å². The van der Waals surface area contributed by atoms with E-state index in [0.717, 1.165) is 100 Å². The van der Waals surface area contributed by atoms with Gasteiger partial charge in [0.25, 0.3) is 6.71 Å². The number of hydrogen-bond acceptors (Lipinski definition) is 7. The summed E-state index contributed by atoms with van der Waals surface area (Å²) in [4.78, 5) is 34.2. The second-order valence-electron chi connectivity index (χ2n) is 21.8. The minimum absolute atomic E-state index is 0.0284. The van der Waals surface area contributed by atoms with E-state index in [0.29, 0.717) is 23.0 Å². The van der Waals surface area contributed by atoms with Crippen LogP contribution < -0.4 is 26.2 Å². The van der Waals surface area contributed by atoms with Crippen LogP contribution in [0.3, 0.4) is 0 Å². The first-order valence-corrected chi connectivity index (χ1v) is 29.0. The summed E-state index contributed by atoms with van der Waals surface area (Å²) in [5.41, 5.74) is 21.7. The maximum Gasteiger partial charge on any atom is 0.338 e. The second-order valence-corrected chi connectivity index (χ2v) is 21.8. The zero-order valence-corrected chi connectivity index (χ0v) is 46.6. The molecule has 12 aromatic carbocycles. The van der Waals surface area contributed by atoms with Crippen LogP contribution in [0.1, 0.15) is 15.9 Å². The molecule has 2 aliphatic rings. The maximum absolute atomic E-state index is 13.8. The molecule has 14 aromatic rings. The molecule has 404 valence electrons. The molecule has 0 saturated heterocycles. The summed E-state index contributed by atoms with van der Waals surface area (Å²) in [6, 6.07) is 104. The van der Waals surface area contributed by atoms with Gasteiger partial charge in [0.15, 0.2) is 17.5 Å². The largest absolute Gasteiger partial charge is 0.457 e. The fraction of sp³-hybridized carbons (Fsp3) is 0.0130. The van der Waals surface area contributed by atoms with Gasteiger partial charge in [0, 0.05) is 67.0 Å². The van der Waals surface area contributed by atoms with Crippen molar-refractivity contribution in [3.05, 3.63) is 308 Å². The quantitative estimate of drug-likeness (QED) is 0.0943. The van der Waals surface area contributed by atoms with Gasteiger partial charge in [0.05, 0.1) is 28.0 Å². The van der Waals surface area contributed by atoms with Gasteiger partial charge in [-0.1, -0.05) is 212 Å². The van der Waals surface area contributed by atoms with Crippen molar-refractivity contribution in [1.29, 1.82) is 0 Å². The number of aromatic nitrogens is 4. The lowest BCUT2D eigenvalue weighted by Crippen LogP contribution is -2.61. The highest BCUT2D eigenvalue weighted by Gasteiger charge is 2.44. The standard InChI is InChI=1S/C77H51BN6O2/c85-77(86-50-51-22-6-1-7-23-51)57-43-46-68-63(49-57)61-32-16-19-35-66(61)84(68)67-45-42-56(76-80-74(54-24-8-2-9-25-54)79-75(81-76)55-26-10-3-11-27-55)48-62(67)53-40-38-52(39-41-53)60-44-47-71-72-73(60)83(59-30-14-5-15-31-59)70-37-21-18-34-65(70)78(72)64-33-17-20-36-69(64)82(71)58-28-12-4-13-29-58/h1-49H,50H2. The first kappa shape index (κ1) is 50.3. The summed E-state index contributed by atoms with van der Waals surface area (Å²) in [6.45, 7) is 0.156. The molecule has 2 aromatic heterocycles. The number of carbonyl (C=O) groups excluding carboxylic acids is 1. The van der Waals surface area contributed by atoms with E-state index in [1.807, 2.05) is 109 Å². The van der Waals surface area contributed by atoms with Crippen molar-refractivity contribution in [3.8, 4) is 62.1 Å². The Morgan fingerprint density at radius 3 is 1.50 bits per heavy atom. The van der Waals surface area contributed by atoms with E-state index in [1.54, 1.807) is 0 Å². The minimum Gasteiger partial charge on any atom is -0.457 e. The van der Waals surface area contributed by atoms with E-state index < -0.39 is 0 Å². The molecule has 4 heterocycles. The predicted octanol–water partition coefficient (Wildman–Crippen LogP) is 16.7. The molecule has 0 bridgehead atoms. The molecule has 2 aliphatic heterocycles. The van der Waals surface area contributed by atoms with Crippen molar-refractivity contribution >= 4 is 85.0 Å². The Bertz CT molecular complexity index is 4840. The van der Waals surface area contributed by atoms with Crippen LogP contribution in [0.2, 0.25) is 0 Å². The van der Waals surface area contributed by atoms with Gasteiger partial charge in [-0.05, 0) is 118 Å². The Balaban J connectivity index is 0.892. The Morgan fingerprint density at radius 2 is 0.860 bits per heavy atom. The third-order valence-corrected chi connectivity index (χ3v) is 16.8. The molecule has 0 radical (unpaired) electrons. The van der Waals surface area contributed by atoms with Crippen LogP contribution in [0, 0.1) is 0 Å². The van der Waals surface area contributed by atoms with Gasteiger partial charge < -0.3 is 19.1 Å². The van der Waals surface area contributed by atoms with Crippen molar-refractivity contribution in [2.45, 2.75) is 6.61 Å². The van der Waals surface area contributed by atoms with Crippen molar-refractivity contribution in [3.63, 3.8) is 0 Å². The minimum atomic E-state index is -0.377. The SMILES string of the molecule is O=C(OCc1ccccc1)c1ccc2c(c1)c1ccccc1n2-c1ccc(-c2nc(-c3ccccc3)nc(-c3ccccc3)n2)cc1-c1ccc(-c2ccc3c4c2N(c2ccccc2)c2ccccc2B4c2ccccc2N3c2ccccc2)cc1. The fourth-order valence-corrected chi connectivity index (χ4v) is 12.9. The molecule has 9 heteroatoms. The molecule has 0 atom stereocenters. The number of nitrogens with zero attached hydrogens (tertiary/aromatic N) is 6. The van der Waals surface area contributed by atoms with Crippen molar-refractivity contribution < 1.29 is 9.53 Å². The average molecular weight is 1100 g/mol. The summed E-state index contributed by atoms with van der Waals surface area (Å²) in [5.74, 6) is 1.35. The third-order valence-electron chi connectivity index (χ3n) is 16.8. The lowest BCUT2D eigenvalue weighted by Gasteiger charge is -2.45. The maximum atomic E-state index is 13.8. The third kappa shape index (κ3) is 8.63. The van der Waals surface area contributed by atoms with E-state index >= 15 is 0 Å². The first-order chi connectivity index (χ1) is 42.6. The average Bonchev–Trinajstić information content (AvgIpc) is 1.14. The van der Waals surface area contributed by atoms with Crippen LogP contribution in [-0.2, 0) is 11.3 Å². The molecule has 0 unspecified atom stereocenters. The number of para-hydroxylation sites is 5. The van der Waals surface area contributed by atoms with Crippen LogP contribution in [0.4, 0.5) is 34.1 Å². The smallest absolute Gasteiger partial charge is 0.338 e. The summed E-state index contributed by atoms with van der Waals surface area (Å²) >= 11 is 0. The highest BCUT2D eigenvalue weighted by Crippen LogP contribution is 2.48. The van der Waals surface area contributed by atoms with Gasteiger partial charge >= 0.3 is 5.97 Å². The number of hydrogen-bond donors (Lipinski definition) is 0. The number of esters is 1. The van der Waals surface area contributed by atoms with Gasteiger partial charge in [-0.25, -0.2) is 19.7 Å². The van der Waals surface area contributed by atoms with Crippen LogP contribution in [0.15, 0.2) is 297 Å². The van der Waals surface area contributed by atoms with E-state index in [4.69, 9.17) is 19.7 Å². The number of carbonyl (C=O) groups is 1. The van der Waals surface area contributed by atoms with Crippen molar-refractivity contribution in [2.75, 3.05) is 9.80 Å². The van der Waals surface area contributed by atoms with Crippen LogP contribution in [-0.4, -0.2) is 32.2 Å². The highest BCUT2D eigenvalue weighted by molar-refractivity contribution is 7.00. The summed E-state index contributed by atoms with van der Waals surface area (Å²) in [6.07, 6.45) is 0. The van der Waals surface area contributed by atoms with E-state index in [9.17, 15) is 4.79 Å². The zero-order valence-electron chi connectivity index (χ0n) is 46.6. The van der Waals surface area contributed by atoms with Crippen LogP contribution in [0.25, 0.3) is 83.9 Å². The lowest BCUT2D eigenvalue weighted by atomic mass is 9.33. The molecule has 0 aliphatic carbocycles. The van der Waals surface area contributed by atoms with Crippen molar-refractivity contribution in [2.24, 2.45) is 0 Å². The molecule has 0 fully saturated rings. The molecular formula is C77H51BN6O2. The van der Waals surface area contributed by atoms with Gasteiger partial charge in [0.2, 0.25) is 0 Å². The van der Waals surface area contributed by atoms with Gasteiger partial charge in [0.1, 0.15) is 6.61 Å².